The molecule has 70 valence electrons. The van der Waals surface area contributed by atoms with E-state index in [4.69, 9.17) is 4.74 Å². The Bertz CT molecular complexity index is 218. The van der Waals surface area contributed by atoms with Gasteiger partial charge in [-0.1, -0.05) is 0 Å². The number of halogens is 1. The Labute approximate surface area is 90.3 Å². The molecule has 0 amide bonds. The summed E-state index contributed by atoms with van der Waals surface area (Å²) in [6, 6.07) is 5.89. The first-order chi connectivity index (χ1) is 4.84. The molecule has 0 radical (unpaired) electrons. The molecule has 0 aliphatic rings. The molecule has 1 aromatic rings. The molecule has 3 nitrogen and oxygen atoms in total. The van der Waals surface area contributed by atoms with Crippen LogP contribution in [0.4, 0.5) is 0 Å². The number of pyridine rings is 1. The first kappa shape index (κ1) is 14.2. The van der Waals surface area contributed by atoms with Gasteiger partial charge in [-0.25, -0.2) is 0 Å². The summed E-state index contributed by atoms with van der Waals surface area (Å²) in [5.41, 5.74) is 0. The largest absolute Gasteiger partial charge is 0.445 e. The Balaban J connectivity index is 0. The summed E-state index contributed by atoms with van der Waals surface area (Å²) in [6.07, 6.45) is 1.96. The minimum Gasteiger partial charge on any atom is -0.445 e. The van der Waals surface area contributed by atoms with Crippen LogP contribution in [-0.2, 0) is 7.05 Å². The van der Waals surface area contributed by atoms with E-state index < -0.39 is 0 Å². The average Bonchev–Trinajstić information content (AvgIpc) is 1.94. The molecule has 0 bridgehead atoms. The second-order valence-electron chi connectivity index (χ2n) is 2.08. The summed E-state index contributed by atoms with van der Waals surface area (Å²) in [5.74, 6) is 0.907. The van der Waals surface area contributed by atoms with Crippen molar-refractivity contribution in [1.82, 2.24) is 6.15 Å². The molecule has 1 aromatic heterocycles. The van der Waals surface area contributed by atoms with Crippen molar-refractivity contribution in [2.75, 3.05) is 6.61 Å². The molecule has 0 saturated heterocycles. The minimum atomic E-state index is 0. The summed E-state index contributed by atoms with van der Waals surface area (Å²) in [7, 11) is 1.96. The number of rotatable bonds is 2. The molecular formula is C8H16IN2O+. The van der Waals surface area contributed by atoms with Gasteiger partial charge in [-0.05, 0) is 13.0 Å². The zero-order valence-corrected chi connectivity index (χ0v) is 9.82. The van der Waals surface area contributed by atoms with Gasteiger partial charge in [0.05, 0.1) is 12.7 Å². The van der Waals surface area contributed by atoms with Gasteiger partial charge in [0.2, 0.25) is 0 Å². The number of ether oxygens (including phenoxy) is 1. The normalized spacial score (nSPS) is 7.83. The van der Waals surface area contributed by atoms with Crippen LogP contribution in [0.1, 0.15) is 6.92 Å². The van der Waals surface area contributed by atoms with Crippen LogP contribution in [0.15, 0.2) is 24.4 Å². The number of aromatic nitrogens is 1. The van der Waals surface area contributed by atoms with E-state index in [0.717, 1.165) is 12.5 Å². The highest BCUT2D eigenvalue weighted by Crippen LogP contribution is 1.98. The van der Waals surface area contributed by atoms with Gasteiger partial charge in [0.1, 0.15) is 7.05 Å². The average molecular weight is 283 g/mol. The standard InChI is InChI=1S/C8H12NO.HI.H3N/c1-3-10-8-6-4-5-7-9(8)2;;/h4-7H,3H2,1-2H3;1H;1H3/q+1;;. The minimum absolute atomic E-state index is 0. The number of hydrogen-bond donors (Lipinski definition) is 1. The van der Waals surface area contributed by atoms with Crippen molar-refractivity contribution in [1.29, 1.82) is 0 Å². The SMILES string of the molecule is CCOc1cccc[n+]1C.I.N. The third-order valence-electron chi connectivity index (χ3n) is 1.30. The molecule has 0 aromatic carbocycles. The van der Waals surface area contributed by atoms with Gasteiger partial charge in [-0.3, -0.25) is 0 Å². The van der Waals surface area contributed by atoms with E-state index in [1.54, 1.807) is 0 Å². The lowest BCUT2D eigenvalue weighted by atomic mass is 10.5. The fraction of sp³-hybridized carbons (Fsp3) is 0.375. The molecular weight excluding hydrogens is 267 g/mol. The second-order valence-corrected chi connectivity index (χ2v) is 2.08. The van der Waals surface area contributed by atoms with Crippen LogP contribution in [0.25, 0.3) is 0 Å². The monoisotopic (exact) mass is 283 g/mol. The Morgan fingerprint density at radius 3 is 2.58 bits per heavy atom. The van der Waals surface area contributed by atoms with E-state index in [1.807, 2.05) is 42.9 Å². The van der Waals surface area contributed by atoms with Gasteiger partial charge >= 0.3 is 5.88 Å². The number of aryl methyl sites for hydroxylation is 1. The van der Waals surface area contributed by atoms with E-state index in [9.17, 15) is 0 Å². The van der Waals surface area contributed by atoms with Crippen LogP contribution in [0.3, 0.4) is 0 Å². The Hall–Kier alpha value is -0.360. The maximum atomic E-state index is 5.30. The summed E-state index contributed by atoms with van der Waals surface area (Å²) in [5, 5.41) is 0. The summed E-state index contributed by atoms with van der Waals surface area (Å²) in [4.78, 5) is 0. The molecule has 0 aliphatic heterocycles. The highest BCUT2D eigenvalue weighted by molar-refractivity contribution is 14.0. The van der Waals surface area contributed by atoms with Crippen LogP contribution in [0.2, 0.25) is 0 Å². The molecule has 0 aliphatic carbocycles. The zero-order chi connectivity index (χ0) is 7.40. The third-order valence-corrected chi connectivity index (χ3v) is 1.30. The summed E-state index contributed by atoms with van der Waals surface area (Å²) < 4.78 is 7.25. The Morgan fingerprint density at radius 2 is 2.08 bits per heavy atom. The van der Waals surface area contributed by atoms with Crippen molar-refractivity contribution in [2.45, 2.75) is 6.92 Å². The quantitative estimate of drug-likeness (QED) is 0.663. The molecule has 4 heteroatoms. The van der Waals surface area contributed by atoms with Crippen LogP contribution < -0.4 is 15.5 Å². The van der Waals surface area contributed by atoms with Crippen molar-refractivity contribution in [3.05, 3.63) is 24.4 Å². The van der Waals surface area contributed by atoms with E-state index in [1.165, 1.54) is 0 Å². The molecule has 0 fully saturated rings. The molecule has 12 heavy (non-hydrogen) atoms. The first-order valence-electron chi connectivity index (χ1n) is 3.42. The van der Waals surface area contributed by atoms with E-state index in [2.05, 4.69) is 0 Å². The zero-order valence-electron chi connectivity index (χ0n) is 7.49. The third kappa shape index (κ3) is 3.87. The summed E-state index contributed by atoms with van der Waals surface area (Å²) >= 11 is 0. The Kier molecular flexibility index (Phi) is 8.62. The predicted octanol–water partition coefficient (Wildman–Crippen LogP) is 1.69. The lowest BCUT2D eigenvalue weighted by molar-refractivity contribution is -0.677. The van der Waals surface area contributed by atoms with Gasteiger partial charge in [0.15, 0.2) is 6.20 Å². The lowest BCUT2D eigenvalue weighted by Gasteiger charge is -1.97. The molecule has 0 spiro atoms. The maximum absolute atomic E-state index is 5.30. The van der Waals surface area contributed by atoms with Crippen LogP contribution in [0, 0.1) is 0 Å². The van der Waals surface area contributed by atoms with Gasteiger partial charge in [0, 0.05) is 6.07 Å². The predicted molar refractivity (Wildman–Crippen MR) is 59.2 cm³/mol. The fourth-order valence-electron chi connectivity index (χ4n) is 0.806. The van der Waals surface area contributed by atoms with Crippen molar-refractivity contribution in [3.63, 3.8) is 0 Å². The summed E-state index contributed by atoms with van der Waals surface area (Å²) in [6.45, 7) is 2.70. The van der Waals surface area contributed by atoms with Crippen molar-refractivity contribution >= 4 is 24.0 Å². The van der Waals surface area contributed by atoms with Crippen molar-refractivity contribution in [2.24, 2.45) is 7.05 Å². The topological polar surface area (TPSA) is 48.1 Å². The molecule has 3 N–H and O–H groups in total. The van der Waals surface area contributed by atoms with Gasteiger partial charge in [-0.2, -0.15) is 4.57 Å². The molecule has 0 atom stereocenters. The van der Waals surface area contributed by atoms with Crippen molar-refractivity contribution < 1.29 is 9.30 Å². The van der Waals surface area contributed by atoms with Gasteiger partial charge in [0.25, 0.3) is 0 Å². The second kappa shape index (κ2) is 7.30. The van der Waals surface area contributed by atoms with Gasteiger partial charge in [-0.15, -0.1) is 24.0 Å². The number of hydrogen-bond acceptors (Lipinski definition) is 2. The van der Waals surface area contributed by atoms with Crippen LogP contribution in [-0.4, -0.2) is 6.61 Å². The van der Waals surface area contributed by atoms with Crippen molar-refractivity contribution in [3.8, 4) is 5.88 Å². The van der Waals surface area contributed by atoms with E-state index >= 15 is 0 Å². The maximum Gasteiger partial charge on any atom is 0.367 e. The van der Waals surface area contributed by atoms with Gasteiger partial charge < -0.3 is 10.9 Å². The van der Waals surface area contributed by atoms with Crippen LogP contribution >= 0.6 is 24.0 Å². The molecule has 0 saturated carbocycles. The van der Waals surface area contributed by atoms with E-state index in [0.29, 0.717) is 0 Å². The molecule has 1 rings (SSSR count). The number of nitrogens with zero attached hydrogens (tertiary/aromatic N) is 1. The molecule has 0 unspecified atom stereocenters. The smallest absolute Gasteiger partial charge is 0.367 e. The van der Waals surface area contributed by atoms with Crippen LogP contribution in [0.5, 0.6) is 5.88 Å². The Morgan fingerprint density at radius 1 is 1.42 bits per heavy atom. The highest BCUT2D eigenvalue weighted by atomic mass is 127. The lowest BCUT2D eigenvalue weighted by Crippen LogP contribution is -2.29. The first-order valence-corrected chi connectivity index (χ1v) is 3.42. The fourth-order valence-corrected chi connectivity index (χ4v) is 0.806. The molecule has 1 heterocycles. The highest BCUT2D eigenvalue weighted by Gasteiger charge is 2.01. The van der Waals surface area contributed by atoms with E-state index in [-0.39, 0.29) is 30.1 Å².